The first kappa shape index (κ1) is 28.1. The Morgan fingerprint density at radius 1 is 1.05 bits per heavy atom. The minimum atomic E-state index is -4.61. The van der Waals surface area contributed by atoms with Gasteiger partial charge in [-0.25, -0.2) is 32.1 Å². The summed E-state index contributed by atoms with van der Waals surface area (Å²) >= 11 is 0. The molecule has 2 aromatic rings. The second kappa shape index (κ2) is 9.61. The van der Waals surface area contributed by atoms with Gasteiger partial charge >= 0.3 is 17.9 Å². The number of hydrogen-bond donors (Lipinski definition) is 0. The van der Waals surface area contributed by atoms with Crippen LogP contribution >= 0.6 is 0 Å². The van der Waals surface area contributed by atoms with E-state index in [0.29, 0.717) is 17.0 Å². The number of methoxy groups -OCH3 is 4. The second-order valence-corrected chi connectivity index (χ2v) is 11.5. The number of amidine groups is 1. The number of aromatic nitrogens is 1. The molecule has 1 aromatic carbocycles. The molecule has 0 saturated carbocycles. The predicted molar refractivity (Wildman–Crippen MR) is 141 cm³/mol. The van der Waals surface area contributed by atoms with Crippen LogP contribution in [0.4, 0.5) is 5.69 Å². The zero-order valence-corrected chi connectivity index (χ0v) is 24.2. The van der Waals surface area contributed by atoms with E-state index >= 15 is 0 Å². The first-order valence-electron chi connectivity index (χ1n) is 12.4. The fourth-order valence-corrected chi connectivity index (χ4v) is 8.14. The number of ether oxygens (including phenoxy) is 4. The van der Waals surface area contributed by atoms with E-state index in [1.54, 1.807) is 30.1 Å². The molecule has 14 nitrogen and oxygen atoms in total. The van der Waals surface area contributed by atoms with Gasteiger partial charge < -0.3 is 28.4 Å². The average molecular weight is 589 g/mol. The number of fused-ring (bicyclic) bond motifs is 1. The molecule has 1 aromatic heterocycles. The Morgan fingerprint density at radius 3 is 2.29 bits per heavy atom. The SMILES string of the molecule is COC(=O)C1=C(C(=O)OC)[C@@H]2N(C)c3ccc(OC)cc3[C@@]23C[C@@H](C(=O)OC)N(S(=O)(=O)c2c(C)noc2C)C3=N1. The Bertz CT molecular complexity index is 1640. The lowest BCUT2D eigenvalue weighted by atomic mass is 9.69. The predicted octanol–water partition coefficient (Wildman–Crippen LogP) is 1.00. The van der Waals surface area contributed by atoms with Crippen molar-refractivity contribution in [2.45, 2.75) is 42.7 Å². The normalized spacial score (nSPS) is 23.0. The summed E-state index contributed by atoms with van der Waals surface area (Å²) in [6.45, 7) is 2.88. The smallest absolute Gasteiger partial charge is 0.357 e. The molecule has 0 radical (unpaired) electrons. The van der Waals surface area contributed by atoms with E-state index in [1.165, 1.54) is 21.0 Å². The first-order chi connectivity index (χ1) is 19.4. The van der Waals surface area contributed by atoms with Crippen LogP contribution in [0.5, 0.6) is 5.75 Å². The summed E-state index contributed by atoms with van der Waals surface area (Å²) in [5.74, 6) is -2.48. The third-order valence-corrected chi connectivity index (χ3v) is 9.86. The molecule has 1 spiro atoms. The van der Waals surface area contributed by atoms with Gasteiger partial charge in [0, 0.05) is 12.7 Å². The minimum absolute atomic E-state index is 0.00961. The maximum Gasteiger partial charge on any atom is 0.357 e. The number of carbonyl (C=O) groups is 3. The lowest BCUT2D eigenvalue weighted by Crippen LogP contribution is -2.55. The van der Waals surface area contributed by atoms with Crippen LogP contribution in [0, 0.1) is 13.8 Å². The molecule has 1 saturated heterocycles. The van der Waals surface area contributed by atoms with Crippen LogP contribution < -0.4 is 9.64 Å². The van der Waals surface area contributed by atoms with Gasteiger partial charge in [0.2, 0.25) is 0 Å². The third-order valence-electron chi connectivity index (χ3n) is 7.81. The van der Waals surface area contributed by atoms with Gasteiger partial charge in [0.1, 0.15) is 23.3 Å². The number of aryl methyl sites for hydroxylation is 2. The number of rotatable bonds is 6. The number of benzene rings is 1. The van der Waals surface area contributed by atoms with Crippen LogP contribution in [-0.2, 0) is 44.0 Å². The van der Waals surface area contributed by atoms with Gasteiger partial charge in [-0.2, -0.15) is 0 Å². The number of anilines is 1. The maximum atomic E-state index is 14.4. The molecule has 0 aliphatic carbocycles. The van der Waals surface area contributed by atoms with Crippen LogP contribution in [0.25, 0.3) is 0 Å². The highest BCUT2D eigenvalue weighted by molar-refractivity contribution is 7.89. The number of sulfonamides is 1. The fourth-order valence-electron chi connectivity index (χ4n) is 6.20. The number of hydrogen-bond acceptors (Lipinski definition) is 13. The highest BCUT2D eigenvalue weighted by Gasteiger charge is 2.68. The molecule has 0 unspecified atom stereocenters. The van der Waals surface area contributed by atoms with Crippen LogP contribution in [0.1, 0.15) is 23.4 Å². The van der Waals surface area contributed by atoms with Crippen molar-refractivity contribution in [1.29, 1.82) is 0 Å². The molecule has 1 fully saturated rings. The molecular formula is C26H28N4O10S. The van der Waals surface area contributed by atoms with Gasteiger partial charge in [-0.1, -0.05) is 5.16 Å². The number of carbonyl (C=O) groups excluding carboxylic acids is 3. The number of esters is 3. The van der Waals surface area contributed by atoms with E-state index in [4.69, 9.17) is 23.5 Å². The van der Waals surface area contributed by atoms with Crippen molar-refractivity contribution < 1.29 is 46.3 Å². The molecule has 4 heterocycles. The van der Waals surface area contributed by atoms with Gasteiger partial charge in [-0.05, 0) is 44.0 Å². The Hall–Kier alpha value is -4.40. The van der Waals surface area contributed by atoms with E-state index in [2.05, 4.69) is 10.1 Å². The van der Waals surface area contributed by atoms with E-state index in [1.807, 2.05) is 0 Å². The van der Waals surface area contributed by atoms with Crippen LogP contribution in [-0.4, -0.2) is 89.2 Å². The zero-order valence-electron chi connectivity index (χ0n) is 23.4. The summed E-state index contributed by atoms with van der Waals surface area (Å²) < 4.78 is 55.4. The highest BCUT2D eigenvalue weighted by atomic mass is 32.2. The average Bonchev–Trinajstić information content (AvgIpc) is 3.58. The standard InChI is InChI=1S/C26H28N4O10S/c1-12-20(13(2)40-28-12)41(34,35)30-17(22(31)37-5)11-26-15-10-14(36-4)8-9-16(15)29(3)21(26)18(23(32)38-6)19(24(33)39-7)27-25(26)30/h8-10,17,21H,11H2,1-7H3/t17-,21-,26-/m0/s1. The molecule has 3 aliphatic rings. The fraction of sp³-hybridized carbons (Fsp3) is 0.423. The van der Waals surface area contributed by atoms with Crippen molar-refractivity contribution in [3.63, 3.8) is 0 Å². The molecular weight excluding hydrogens is 560 g/mol. The van der Waals surface area contributed by atoms with Gasteiger partial charge in [0.05, 0.1) is 45.5 Å². The maximum absolute atomic E-state index is 14.4. The van der Waals surface area contributed by atoms with Crippen molar-refractivity contribution in [2.24, 2.45) is 4.99 Å². The molecule has 41 heavy (non-hydrogen) atoms. The molecule has 3 aliphatic heterocycles. The summed E-state index contributed by atoms with van der Waals surface area (Å²) in [5.41, 5.74) is -0.878. The Balaban J connectivity index is 1.93. The van der Waals surface area contributed by atoms with Gasteiger partial charge in [-0.15, -0.1) is 0 Å². The van der Waals surface area contributed by atoms with Gasteiger partial charge in [-0.3, -0.25) is 0 Å². The molecule has 3 atom stereocenters. The van der Waals surface area contributed by atoms with Crippen molar-refractivity contribution in [3.05, 3.63) is 46.5 Å². The van der Waals surface area contributed by atoms with Crippen molar-refractivity contribution in [1.82, 2.24) is 9.46 Å². The minimum Gasteiger partial charge on any atom is -0.497 e. The molecule has 15 heteroatoms. The molecule has 5 rings (SSSR count). The quantitative estimate of drug-likeness (QED) is 0.347. The number of nitrogens with zero attached hydrogens (tertiary/aromatic N) is 4. The van der Waals surface area contributed by atoms with E-state index in [-0.39, 0.29) is 34.2 Å². The van der Waals surface area contributed by atoms with Crippen LogP contribution in [0.3, 0.4) is 0 Å². The highest BCUT2D eigenvalue weighted by Crippen LogP contribution is 2.58. The topological polar surface area (TPSA) is 167 Å². The monoisotopic (exact) mass is 588 g/mol. The molecule has 0 bridgehead atoms. The first-order valence-corrected chi connectivity index (χ1v) is 13.8. The number of aliphatic imine (C=N–C) groups is 1. The van der Waals surface area contributed by atoms with E-state index in [0.717, 1.165) is 25.6 Å². The Kier molecular flexibility index (Phi) is 6.59. The summed E-state index contributed by atoms with van der Waals surface area (Å²) in [6.07, 6.45) is -0.189. The lowest BCUT2D eigenvalue weighted by molar-refractivity contribution is -0.144. The van der Waals surface area contributed by atoms with Crippen LogP contribution in [0.2, 0.25) is 0 Å². The lowest BCUT2D eigenvalue weighted by Gasteiger charge is -2.39. The second-order valence-electron chi connectivity index (χ2n) is 9.75. The third kappa shape index (κ3) is 3.67. The summed E-state index contributed by atoms with van der Waals surface area (Å²) in [7, 11) is 1.95. The van der Waals surface area contributed by atoms with Crippen molar-refractivity contribution >= 4 is 39.5 Å². The van der Waals surface area contributed by atoms with Crippen molar-refractivity contribution in [2.75, 3.05) is 40.4 Å². The van der Waals surface area contributed by atoms with Crippen LogP contribution in [0.15, 0.2) is 43.9 Å². The molecule has 0 N–H and O–H groups in total. The summed E-state index contributed by atoms with van der Waals surface area (Å²) in [6, 6.07) is 2.66. The molecule has 0 amide bonds. The Morgan fingerprint density at radius 2 is 1.73 bits per heavy atom. The molecule has 218 valence electrons. The Labute approximate surface area is 235 Å². The van der Waals surface area contributed by atoms with E-state index < -0.39 is 51.1 Å². The van der Waals surface area contributed by atoms with Gasteiger partial charge in [0.25, 0.3) is 10.0 Å². The van der Waals surface area contributed by atoms with Crippen molar-refractivity contribution in [3.8, 4) is 5.75 Å². The largest absolute Gasteiger partial charge is 0.497 e. The zero-order chi connectivity index (χ0) is 30.0. The number of likely N-dealkylation sites (N-methyl/N-ethyl adjacent to an activating group) is 1. The van der Waals surface area contributed by atoms with E-state index in [9.17, 15) is 22.8 Å². The summed E-state index contributed by atoms with van der Waals surface area (Å²) in [4.78, 5) is 45.7. The summed E-state index contributed by atoms with van der Waals surface area (Å²) in [5, 5.41) is 3.78. The van der Waals surface area contributed by atoms with Gasteiger partial charge in [0.15, 0.2) is 16.4 Å².